The van der Waals surface area contributed by atoms with Gasteiger partial charge in [-0.2, -0.15) is 22.6 Å². The Kier molecular flexibility index (Phi) is 7.43. The monoisotopic (exact) mass is 606 g/mol. The Balaban J connectivity index is 1.34. The maximum Gasteiger partial charge on any atom is 0.416 e. The molecule has 1 aliphatic rings. The summed E-state index contributed by atoms with van der Waals surface area (Å²) in [7, 11) is -4.13. The van der Waals surface area contributed by atoms with E-state index in [1.165, 1.54) is 10.4 Å². The molecule has 3 aromatic carbocycles. The number of nitrogens with zero attached hydrogens (tertiary/aromatic N) is 6. The van der Waals surface area contributed by atoms with Gasteiger partial charge in [0.15, 0.2) is 5.65 Å². The first kappa shape index (κ1) is 28.8. The Bertz CT molecular complexity index is 1880. The van der Waals surface area contributed by atoms with Gasteiger partial charge in [0.1, 0.15) is 11.6 Å². The van der Waals surface area contributed by atoms with Gasteiger partial charge in [0, 0.05) is 32.6 Å². The fraction of sp³-hybridized carbons (Fsp3) is 0.258. The van der Waals surface area contributed by atoms with Gasteiger partial charge in [0.25, 0.3) is 0 Å². The van der Waals surface area contributed by atoms with Crippen LogP contribution in [0.3, 0.4) is 0 Å². The normalized spacial score (nSPS) is 14.9. The molecular weight excluding hydrogens is 577 g/mol. The quantitative estimate of drug-likeness (QED) is 0.252. The minimum atomic E-state index is -4.64. The second-order valence-corrected chi connectivity index (χ2v) is 12.5. The molecule has 5 aromatic rings. The fourth-order valence-corrected chi connectivity index (χ4v) is 6.74. The highest BCUT2D eigenvalue weighted by Crippen LogP contribution is 2.33. The number of rotatable bonds is 6. The number of para-hydroxylation sites is 1. The molecule has 0 radical (unpaired) electrons. The summed E-state index contributed by atoms with van der Waals surface area (Å²) in [6, 6.07) is 21.7. The van der Waals surface area contributed by atoms with E-state index in [1.807, 2.05) is 73.3 Å². The lowest BCUT2D eigenvalue weighted by atomic mass is 10.1. The summed E-state index contributed by atoms with van der Waals surface area (Å²) in [5.74, 6) is 1.25. The molecule has 1 aliphatic heterocycles. The number of benzene rings is 3. The van der Waals surface area contributed by atoms with Crippen molar-refractivity contribution in [1.29, 1.82) is 0 Å². The summed E-state index contributed by atoms with van der Waals surface area (Å²) in [6.45, 7) is 4.68. The third kappa shape index (κ3) is 5.72. The van der Waals surface area contributed by atoms with Crippen LogP contribution in [0.5, 0.6) is 0 Å². The first-order valence-corrected chi connectivity index (χ1v) is 15.2. The number of halogens is 3. The van der Waals surface area contributed by atoms with Crippen molar-refractivity contribution in [3.8, 4) is 5.69 Å². The fourth-order valence-electron chi connectivity index (χ4n) is 5.27. The highest BCUT2D eigenvalue weighted by molar-refractivity contribution is 7.89. The molecule has 0 atom stereocenters. The minimum absolute atomic E-state index is 0.0865. The molecule has 6 rings (SSSR count). The number of sulfonamides is 1. The highest BCUT2D eigenvalue weighted by atomic mass is 32.2. The van der Waals surface area contributed by atoms with Crippen LogP contribution in [-0.4, -0.2) is 58.7 Å². The van der Waals surface area contributed by atoms with Crippen LogP contribution in [0, 0.1) is 13.8 Å². The number of hydrogen-bond acceptors (Lipinski definition) is 6. The van der Waals surface area contributed by atoms with E-state index in [9.17, 15) is 21.6 Å². The number of aryl methyl sites for hydroxylation is 2. The highest BCUT2D eigenvalue weighted by Gasteiger charge is 2.34. The Morgan fingerprint density at radius 3 is 2.21 bits per heavy atom. The maximum absolute atomic E-state index is 13.3. The standard InChI is InChI=1S/C31H29F3N6O2S/c1-21-11-13-23(14-12-21)19-27-35-29(28-22(2)37-40(30(28)36-27)25-8-4-3-5-9-25)38-15-17-39(18-16-38)43(41,42)26-10-6-7-24(20-26)31(32,33)34/h3-14,20H,15-19H2,1-2H3. The number of hydrogen-bond donors (Lipinski definition) is 0. The molecular formula is C31H29F3N6O2S. The summed E-state index contributed by atoms with van der Waals surface area (Å²) in [4.78, 5) is 11.5. The summed E-state index contributed by atoms with van der Waals surface area (Å²) in [5, 5.41) is 5.56. The molecule has 3 heterocycles. The third-order valence-electron chi connectivity index (χ3n) is 7.55. The molecule has 8 nitrogen and oxygen atoms in total. The molecule has 0 N–H and O–H groups in total. The molecule has 43 heavy (non-hydrogen) atoms. The van der Waals surface area contributed by atoms with E-state index < -0.39 is 21.8 Å². The van der Waals surface area contributed by atoms with Crippen LogP contribution in [0.2, 0.25) is 0 Å². The van der Waals surface area contributed by atoms with Gasteiger partial charge in [-0.25, -0.2) is 23.1 Å². The second kappa shape index (κ2) is 11.1. The van der Waals surface area contributed by atoms with Crippen LogP contribution in [0.25, 0.3) is 16.7 Å². The van der Waals surface area contributed by atoms with Crippen LogP contribution >= 0.6 is 0 Å². The SMILES string of the molecule is Cc1ccc(Cc2nc(N3CCN(S(=O)(=O)c4cccc(C(F)(F)F)c4)CC3)c3c(C)nn(-c4ccccc4)c3n2)cc1. The van der Waals surface area contributed by atoms with Crippen LogP contribution in [-0.2, 0) is 22.6 Å². The summed E-state index contributed by atoms with van der Waals surface area (Å²) in [5.41, 5.74) is 3.43. The van der Waals surface area contributed by atoms with Crippen LogP contribution < -0.4 is 4.90 Å². The van der Waals surface area contributed by atoms with E-state index in [2.05, 4.69) is 0 Å². The van der Waals surface area contributed by atoms with Crippen LogP contribution in [0.4, 0.5) is 19.0 Å². The van der Waals surface area contributed by atoms with Gasteiger partial charge in [-0.15, -0.1) is 0 Å². The molecule has 0 amide bonds. The maximum atomic E-state index is 13.3. The minimum Gasteiger partial charge on any atom is -0.353 e. The van der Waals surface area contributed by atoms with Gasteiger partial charge in [0.2, 0.25) is 10.0 Å². The molecule has 1 fully saturated rings. The van der Waals surface area contributed by atoms with Crippen molar-refractivity contribution in [3.63, 3.8) is 0 Å². The lowest BCUT2D eigenvalue weighted by Gasteiger charge is -2.35. The zero-order valence-corrected chi connectivity index (χ0v) is 24.4. The molecule has 0 aliphatic carbocycles. The van der Waals surface area contributed by atoms with Gasteiger partial charge in [-0.05, 0) is 49.7 Å². The predicted molar refractivity (Wildman–Crippen MR) is 158 cm³/mol. The molecule has 222 valence electrons. The van der Waals surface area contributed by atoms with Crippen molar-refractivity contribution in [3.05, 3.63) is 107 Å². The van der Waals surface area contributed by atoms with Crippen molar-refractivity contribution >= 4 is 26.9 Å². The molecule has 0 spiro atoms. The van der Waals surface area contributed by atoms with Crippen molar-refractivity contribution in [2.75, 3.05) is 31.1 Å². The number of anilines is 1. The average Bonchev–Trinajstić information content (AvgIpc) is 3.34. The first-order valence-electron chi connectivity index (χ1n) is 13.8. The number of alkyl halides is 3. The van der Waals surface area contributed by atoms with Crippen molar-refractivity contribution in [2.24, 2.45) is 0 Å². The van der Waals surface area contributed by atoms with E-state index in [-0.39, 0.29) is 18.0 Å². The van der Waals surface area contributed by atoms with Gasteiger partial charge in [-0.3, -0.25) is 0 Å². The van der Waals surface area contributed by atoms with E-state index in [1.54, 1.807) is 4.68 Å². The Morgan fingerprint density at radius 1 is 0.837 bits per heavy atom. The first-order chi connectivity index (χ1) is 20.5. The lowest BCUT2D eigenvalue weighted by Crippen LogP contribution is -2.49. The zero-order valence-electron chi connectivity index (χ0n) is 23.6. The van der Waals surface area contributed by atoms with Gasteiger partial charge >= 0.3 is 6.18 Å². The molecule has 2 aromatic heterocycles. The lowest BCUT2D eigenvalue weighted by molar-refractivity contribution is -0.137. The average molecular weight is 607 g/mol. The molecule has 1 saturated heterocycles. The van der Waals surface area contributed by atoms with Crippen molar-refractivity contribution in [2.45, 2.75) is 31.3 Å². The largest absolute Gasteiger partial charge is 0.416 e. The summed E-state index contributed by atoms with van der Waals surface area (Å²) in [6.07, 6.45) is -4.15. The summed E-state index contributed by atoms with van der Waals surface area (Å²) >= 11 is 0. The topological polar surface area (TPSA) is 84.2 Å². The molecule has 12 heteroatoms. The zero-order chi connectivity index (χ0) is 30.4. The van der Waals surface area contributed by atoms with E-state index in [0.29, 0.717) is 42.9 Å². The Labute approximate surface area is 247 Å². The Morgan fingerprint density at radius 2 is 1.53 bits per heavy atom. The van der Waals surface area contributed by atoms with E-state index in [0.717, 1.165) is 40.0 Å². The number of piperazine rings is 1. The van der Waals surface area contributed by atoms with Gasteiger partial charge < -0.3 is 4.90 Å². The van der Waals surface area contributed by atoms with Gasteiger partial charge in [-0.1, -0.05) is 54.1 Å². The number of aromatic nitrogens is 4. The number of fused-ring (bicyclic) bond motifs is 1. The van der Waals surface area contributed by atoms with Crippen molar-refractivity contribution in [1.82, 2.24) is 24.1 Å². The van der Waals surface area contributed by atoms with Gasteiger partial charge in [0.05, 0.1) is 27.2 Å². The molecule has 0 saturated carbocycles. The Hall–Kier alpha value is -4.29. The molecule has 0 bridgehead atoms. The third-order valence-corrected chi connectivity index (χ3v) is 9.45. The van der Waals surface area contributed by atoms with E-state index in [4.69, 9.17) is 15.1 Å². The van der Waals surface area contributed by atoms with E-state index >= 15 is 0 Å². The predicted octanol–water partition coefficient (Wildman–Crippen LogP) is 5.55. The second-order valence-electron chi connectivity index (χ2n) is 10.6. The summed E-state index contributed by atoms with van der Waals surface area (Å²) < 4.78 is 69.4. The molecule has 0 unspecified atom stereocenters. The van der Waals surface area contributed by atoms with Crippen LogP contribution in [0.15, 0.2) is 83.8 Å². The van der Waals surface area contributed by atoms with Crippen LogP contribution in [0.1, 0.15) is 28.2 Å². The van der Waals surface area contributed by atoms with Crippen molar-refractivity contribution < 1.29 is 21.6 Å². The smallest absolute Gasteiger partial charge is 0.353 e.